The van der Waals surface area contributed by atoms with Gasteiger partial charge >= 0.3 is 12.0 Å². The van der Waals surface area contributed by atoms with E-state index in [-0.39, 0.29) is 0 Å². The number of halogens is 6. The summed E-state index contributed by atoms with van der Waals surface area (Å²) in [6, 6.07) is -3.39. The Bertz CT molecular complexity index is 312. The van der Waals surface area contributed by atoms with Gasteiger partial charge in [-0.15, -0.1) is 66.5 Å². The van der Waals surface area contributed by atoms with E-state index in [9.17, 15) is 0 Å². The van der Waals surface area contributed by atoms with Crippen LogP contribution in [-0.4, -0.2) is 23.5 Å². The van der Waals surface area contributed by atoms with Crippen molar-refractivity contribution in [1.82, 2.24) is 0 Å². The van der Waals surface area contributed by atoms with Crippen molar-refractivity contribution < 1.29 is 0 Å². The van der Waals surface area contributed by atoms with Gasteiger partial charge in [0.15, 0.2) is 0 Å². The van der Waals surface area contributed by atoms with Gasteiger partial charge in [0.1, 0.15) is 0 Å². The molecule has 0 radical (unpaired) electrons. The van der Waals surface area contributed by atoms with Crippen LogP contribution in [0.25, 0.3) is 0 Å². The normalized spacial score (nSPS) is 15.2. The fraction of sp³-hybridized carbons (Fsp3) is 1.00. The molecule has 0 fully saturated rings. The molecule has 2 unspecified atom stereocenters. The molecular formula is C14H28Cl6S4Si2. The van der Waals surface area contributed by atoms with Crippen molar-refractivity contribution in [3.05, 3.63) is 0 Å². The molecule has 0 rings (SSSR count). The molecule has 0 heterocycles. The molecule has 0 amide bonds. The van der Waals surface area contributed by atoms with Gasteiger partial charge in [0.05, 0.1) is 0 Å². The summed E-state index contributed by atoms with van der Waals surface area (Å²) in [7, 11) is 7.59. The maximum Gasteiger partial charge on any atom is 0.341 e. The lowest BCUT2D eigenvalue weighted by atomic mass is 10.0. The van der Waals surface area contributed by atoms with Crippen molar-refractivity contribution in [3.63, 3.8) is 0 Å². The minimum absolute atomic E-state index is 0.559. The summed E-state index contributed by atoms with van der Waals surface area (Å²) in [6.07, 6.45) is 6.90. The fourth-order valence-electron chi connectivity index (χ4n) is 2.52. The average molecular weight is 594 g/mol. The monoisotopic (exact) mass is 590 g/mol. The lowest BCUT2D eigenvalue weighted by molar-refractivity contribution is 0.509. The zero-order valence-electron chi connectivity index (χ0n) is 15.1. The van der Waals surface area contributed by atoms with Gasteiger partial charge in [-0.1, -0.05) is 48.3 Å². The Kier molecular flexibility index (Phi) is 19.5. The summed E-state index contributed by atoms with van der Waals surface area (Å²) < 4.78 is 0. The Morgan fingerprint density at radius 1 is 0.654 bits per heavy atom. The summed E-state index contributed by atoms with van der Waals surface area (Å²) in [4.78, 5) is 0. The Balaban J connectivity index is 3.53. The summed E-state index contributed by atoms with van der Waals surface area (Å²) in [5.74, 6) is 3.43. The zero-order chi connectivity index (χ0) is 20.1. The SMILES string of the molecule is CCC(CCCSSSSCCCC(CC)C[Si](Cl)(Cl)Cl)C[Si](Cl)(Cl)Cl. The van der Waals surface area contributed by atoms with Gasteiger partial charge in [-0.05, 0) is 69.3 Å². The highest BCUT2D eigenvalue weighted by Crippen LogP contribution is 2.44. The van der Waals surface area contributed by atoms with Crippen LogP contribution >= 0.6 is 108 Å². The van der Waals surface area contributed by atoms with Crippen molar-refractivity contribution in [2.24, 2.45) is 11.8 Å². The lowest BCUT2D eigenvalue weighted by Gasteiger charge is -2.18. The standard InChI is InChI=1S/C14H28Cl6S4Si2/c1-3-13(11-25(15,16)17)7-5-9-21-23-24-22-10-6-8-14(4-2)12-26(18,19)20/h13-14H,3-12H2,1-2H3. The molecule has 0 spiro atoms. The minimum atomic E-state index is -2.48. The maximum absolute atomic E-state index is 6.03. The average Bonchev–Trinajstić information content (AvgIpc) is 2.51. The van der Waals surface area contributed by atoms with Crippen molar-refractivity contribution in [2.45, 2.75) is 64.5 Å². The molecule has 0 aromatic heterocycles. The van der Waals surface area contributed by atoms with Crippen LogP contribution in [0.1, 0.15) is 52.4 Å². The first-order valence-corrected chi connectivity index (χ1v) is 24.4. The van der Waals surface area contributed by atoms with Crippen molar-refractivity contribution >= 4 is 120 Å². The molecule has 0 saturated heterocycles. The first-order chi connectivity index (χ1) is 12.1. The first kappa shape index (κ1) is 29.6. The Morgan fingerprint density at radius 2 is 1.00 bits per heavy atom. The summed E-state index contributed by atoms with van der Waals surface area (Å²) in [5, 5.41) is 0. The third-order valence-electron chi connectivity index (χ3n) is 4.00. The summed E-state index contributed by atoms with van der Waals surface area (Å²) in [5.41, 5.74) is 0. The molecule has 2 atom stereocenters. The van der Waals surface area contributed by atoms with Gasteiger partial charge < -0.3 is 0 Å². The van der Waals surface area contributed by atoms with E-state index in [1.165, 1.54) is 12.8 Å². The van der Waals surface area contributed by atoms with Gasteiger partial charge in [0.2, 0.25) is 0 Å². The number of rotatable bonds is 17. The lowest BCUT2D eigenvalue weighted by Crippen LogP contribution is -2.15. The van der Waals surface area contributed by atoms with Crippen LogP contribution in [-0.2, 0) is 0 Å². The van der Waals surface area contributed by atoms with E-state index >= 15 is 0 Å². The largest absolute Gasteiger partial charge is 0.341 e. The number of hydrogen-bond acceptors (Lipinski definition) is 4. The molecule has 0 aromatic rings. The molecule has 26 heavy (non-hydrogen) atoms. The van der Waals surface area contributed by atoms with Crippen molar-refractivity contribution in [2.75, 3.05) is 11.5 Å². The molecule has 158 valence electrons. The molecule has 0 saturated carbocycles. The molecule has 0 aliphatic heterocycles. The van der Waals surface area contributed by atoms with Crippen LogP contribution in [0.3, 0.4) is 0 Å². The highest BCUT2D eigenvalue weighted by molar-refractivity contribution is 9.26. The van der Waals surface area contributed by atoms with E-state index in [4.69, 9.17) is 66.5 Å². The van der Waals surface area contributed by atoms with Crippen LogP contribution in [0.15, 0.2) is 0 Å². The van der Waals surface area contributed by atoms with Gasteiger partial charge in [0.25, 0.3) is 0 Å². The van der Waals surface area contributed by atoms with Gasteiger partial charge in [-0.25, -0.2) is 0 Å². The molecule has 0 N–H and O–H groups in total. The van der Waals surface area contributed by atoms with Crippen LogP contribution in [0.2, 0.25) is 12.1 Å². The molecule has 0 aliphatic rings. The Labute approximate surface area is 205 Å². The number of hydrogen-bond donors (Lipinski definition) is 0. The highest BCUT2D eigenvalue weighted by Gasteiger charge is 2.29. The second kappa shape index (κ2) is 17.2. The Morgan fingerprint density at radius 3 is 1.27 bits per heavy atom. The van der Waals surface area contributed by atoms with E-state index in [1.54, 1.807) is 0 Å². The van der Waals surface area contributed by atoms with E-state index in [1.807, 2.05) is 41.2 Å². The molecule has 0 aromatic carbocycles. The fourth-order valence-corrected chi connectivity index (χ4v) is 14.9. The van der Waals surface area contributed by atoms with E-state index < -0.39 is 12.0 Å². The quantitative estimate of drug-likeness (QED) is 0.0712. The topological polar surface area (TPSA) is 0 Å². The van der Waals surface area contributed by atoms with Crippen molar-refractivity contribution in [3.8, 4) is 0 Å². The van der Waals surface area contributed by atoms with Gasteiger partial charge in [-0.2, -0.15) is 0 Å². The summed E-state index contributed by atoms with van der Waals surface area (Å²) >= 11 is 36.2. The maximum atomic E-state index is 6.03. The van der Waals surface area contributed by atoms with Crippen LogP contribution in [0.4, 0.5) is 0 Å². The molecular weight excluding hydrogens is 565 g/mol. The van der Waals surface area contributed by atoms with E-state index in [0.29, 0.717) is 11.8 Å². The summed E-state index contributed by atoms with van der Waals surface area (Å²) in [6.45, 7) is 4.37. The van der Waals surface area contributed by atoms with Crippen molar-refractivity contribution in [1.29, 1.82) is 0 Å². The smallest absolute Gasteiger partial charge is 0.126 e. The van der Waals surface area contributed by atoms with E-state index in [2.05, 4.69) is 13.8 Å². The Hall–Kier alpha value is 3.57. The van der Waals surface area contributed by atoms with Gasteiger partial charge in [0, 0.05) is 11.5 Å². The third kappa shape index (κ3) is 20.8. The highest BCUT2D eigenvalue weighted by atomic mass is 35.8. The zero-order valence-corrected chi connectivity index (χ0v) is 24.9. The second-order valence-corrected chi connectivity index (χ2v) is 30.9. The predicted octanol–water partition coefficient (Wildman–Crippen LogP) is 10.6. The van der Waals surface area contributed by atoms with Crippen LogP contribution in [0, 0.1) is 11.8 Å². The minimum Gasteiger partial charge on any atom is -0.126 e. The first-order valence-electron chi connectivity index (χ1n) is 8.78. The van der Waals surface area contributed by atoms with E-state index in [0.717, 1.165) is 49.3 Å². The van der Waals surface area contributed by atoms with Gasteiger partial charge in [-0.3, -0.25) is 0 Å². The molecule has 0 aliphatic carbocycles. The molecule has 12 heteroatoms. The van der Waals surface area contributed by atoms with Crippen LogP contribution < -0.4 is 0 Å². The predicted molar refractivity (Wildman–Crippen MR) is 142 cm³/mol. The molecule has 0 bridgehead atoms. The molecule has 0 nitrogen and oxygen atoms in total. The second-order valence-electron chi connectivity index (χ2n) is 6.25. The third-order valence-corrected chi connectivity index (χ3v) is 15.5. The van der Waals surface area contributed by atoms with Crippen LogP contribution in [0.5, 0.6) is 0 Å².